The molecule has 0 fully saturated rings. The standard InChI is InChI=1S/C8H7Cl2O2P.C4H9.Li/c1-12-7-5(10)3-2-4(9)6(7)8(11)13;1-4(2)3;/h2-3H,13H2,1H3;4H,1H2,2-3H3;/q;-1;+1. The zero-order valence-electron chi connectivity index (χ0n) is 11.1. The first-order valence-corrected chi connectivity index (χ1v) is 6.29. The van der Waals surface area contributed by atoms with Crippen molar-refractivity contribution in [3.63, 3.8) is 0 Å². The van der Waals surface area contributed by atoms with E-state index in [0.29, 0.717) is 27.3 Å². The Bertz CT molecular complexity index is 395. The van der Waals surface area contributed by atoms with Crippen molar-refractivity contribution in [3.8, 4) is 5.75 Å². The molecule has 2 nitrogen and oxygen atoms in total. The van der Waals surface area contributed by atoms with Crippen molar-refractivity contribution in [1.29, 1.82) is 0 Å². The van der Waals surface area contributed by atoms with Crippen LogP contribution in [0.3, 0.4) is 0 Å². The molecule has 0 heterocycles. The van der Waals surface area contributed by atoms with Crippen LogP contribution in [-0.4, -0.2) is 12.6 Å². The van der Waals surface area contributed by atoms with E-state index in [0.717, 1.165) is 0 Å². The van der Waals surface area contributed by atoms with E-state index in [1.54, 1.807) is 12.1 Å². The Morgan fingerprint density at radius 3 is 2.00 bits per heavy atom. The minimum absolute atomic E-state index is 0. The van der Waals surface area contributed by atoms with Crippen molar-refractivity contribution in [2.75, 3.05) is 7.11 Å². The minimum atomic E-state index is -0.246. The van der Waals surface area contributed by atoms with Crippen LogP contribution in [0.5, 0.6) is 5.75 Å². The van der Waals surface area contributed by atoms with Gasteiger partial charge in [0.1, 0.15) is 5.75 Å². The number of rotatable bonds is 2. The average molecular weight is 301 g/mol. The Balaban J connectivity index is 0. The molecule has 0 aliphatic carbocycles. The van der Waals surface area contributed by atoms with Gasteiger partial charge in [-0.25, -0.2) is 0 Å². The quantitative estimate of drug-likeness (QED) is 0.470. The molecule has 0 saturated carbocycles. The van der Waals surface area contributed by atoms with E-state index < -0.39 is 0 Å². The van der Waals surface area contributed by atoms with Crippen molar-refractivity contribution < 1.29 is 28.4 Å². The van der Waals surface area contributed by atoms with Gasteiger partial charge in [-0.2, -0.15) is 5.92 Å². The normalized spacial score (nSPS) is 9.11. The zero-order valence-corrected chi connectivity index (χ0v) is 13.8. The second-order valence-corrected chi connectivity index (χ2v) is 5.03. The van der Waals surface area contributed by atoms with Gasteiger partial charge in [0.05, 0.1) is 22.7 Å². The van der Waals surface area contributed by atoms with Gasteiger partial charge in [0.15, 0.2) is 5.52 Å². The van der Waals surface area contributed by atoms with Crippen LogP contribution in [0, 0.1) is 12.8 Å². The predicted molar refractivity (Wildman–Crippen MR) is 77.2 cm³/mol. The summed E-state index contributed by atoms with van der Waals surface area (Å²) in [6, 6.07) is 3.14. The number of hydrogen-bond donors (Lipinski definition) is 0. The van der Waals surface area contributed by atoms with Crippen LogP contribution in [0.4, 0.5) is 0 Å². The van der Waals surface area contributed by atoms with Gasteiger partial charge in [-0.05, 0) is 12.1 Å². The van der Waals surface area contributed by atoms with E-state index >= 15 is 0 Å². The number of methoxy groups -OCH3 is 1. The van der Waals surface area contributed by atoms with E-state index in [1.807, 2.05) is 9.24 Å². The third-order valence-electron chi connectivity index (χ3n) is 1.51. The Hall–Kier alpha value is 0.297. The maximum atomic E-state index is 11.1. The van der Waals surface area contributed by atoms with Gasteiger partial charge in [0.2, 0.25) is 0 Å². The number of carbonyl (C=O) groups is 1. The van der Waals surface area contributed by atoms with Crippen molar-refractivity contribution in [2.45, 2.75) is 13.8 Å². The summed E-state index contributed by atoms with van der Waals surface area (Å²) in [6.07, 6.45) is 0. The first-order chi connectivity index (χ1) is 7.81. The summed E-state index contributed by atoms with van der Waals surface area (Å²) in [7, 11) is 3.47. The van der Waals surface area contributed by atoms with Crippen molar-refractivity contribution >= 4 is 38.0 Å². The monoisotopic (exact) mass is 300 g/mol. The molecular weight excluding hydrogens is 285 g/mol. The second kappa shape index (κ2) is 10.1. The van der Waals surface area contributed by atoms with Crippen LogP contribution in [0.1, 0.15) is 24.2 Å². The minimum Gasteiger partial charge on any atom is -0.494 e. The van der Waals surface area contributed by atoms with Crippen LogP contribution < -0.4 is 23.6 Å². The molecule has 0 bridgehead atoms. The maximum Gasteiger partial charge on any atom is 1.00 e. The molecule has 0 spiro atoms. The van der Waals surface area contributed by atoms with E-state index in [9.17, 15) is 4.79 Å². The third-order valence-corrected chi connectivity index (χ3v) is 2.41. The van der Waals surface area contributed by atoms with Gasteiger partial charge in [-0.1, -0.05) is 46.3 Å². The van der Waals surface area contributed by atoms with Crippen molar-refractivity contribution in [1.82, 2.24) is 0 Å². The van der Waals surface area contributed by atoms with Gasteiger partial charge < -0.3 is 11.7 Å². The van der Waals surface area contributed by atoms with Crippen LogP contribution in [0.15, 0.2) is 12.1 Å². The van der Waals surface area contributed by atoms with Gasteiger partial charge in [0.25, 0.3) is 0 Å². The summed E-state index contributed by atoms with van der Waals surface area (Å²) in [5, 5.41) is 0.707. The van der Waals surface area contributed by atoms with E-state index in [-0.39, 0.29) is 24.4 Å². The third kappa shape index (κ3) is 7.03. The number of halogens is 2. The first kappa shape index (κ1) is 20.6. The topological polar surface area (TPSA) is 26.3 Å². The van der Waals surface area contributed by atoms with Crippen LogP contribution in [0.2, 0.25) is 10.0 Å². The fourth-order valence-corrected chi connectivity index (χ4v) is 1.82. The Labute approximate surface area is 133 Å². The fourth-order valence-electron chi connectivity index (χ4n) is 0.962. The molecule has 18 heavy (non-hydrogen) atoms. The first-order valence-electron chi connectivity index (χ1n) is 4.96. The fraction of sp³-hybridized carbons (Fsp3) is 0.333. The molecule has 0 radical (unpaired) electrons. The molecule has 1 rings (SSSR count). The van der Waals surface area contributed by atoms with E-state index in [1.165, 1.54) is 7.11 Å². The van der Waals surface area contributed by atoms with Crippen LogP contribution >= 0.6 is 32.4 Å². The maximum absolute atomic E-state index is 11.1. The molecular formula is C12H16Cl2LiO2P. The summed E-state index contributed by atoms with van der Waals surface area (Å²) in [5.41, 5.74) is 0.0472. The molecule has 6 heteroatoms. The zero-order chi connectivity index (χ0) is 13.6. The van der Waals surface area contributed by atoms with E-state index in [2.05, 4.69) is 20.8 Å². The molecule has 0 saturated heterocycles. The molecule has 0 aromatic heterocycles. The molecule has 0 N–H and O–H groups in total. The van der Waals surface area contributed by atoms with Gasteiger partial charge in [0, 0.05) is 0 Å². The number of hydrogen-bond acceptors (Lipinski definition) is 2. The number of carbonyl (C=O) groups excluding carboxylic acids is 1. The summed E-state index contributed by atoms with van der Waals surface area (Å²) in [6.45, 7) is 7.75. The SMILES string of the molecule is COc1c(Cl)ccc(Cl)c1C(=O)P.[CH2-]C(C)C.[Li+]. The number of benzene rings is 1. The van der Waals surface area contributed by atoms with Gasteiger partial charge >= 0.3 is 18.9 Å². The smallest absolute Gasteiger partial charge is 0.494 e. The molecule has 1 aromatic carbocycles. The Kier molecular flexibility index (Phi) is 11.6. The Morgan fingerprint density at radius 1 is 1.33 bits per heavy atom. The Morgan fingerprint density at radius 2 is 1.72 bits per heavy atom. The summed E-state index contributed by atoms with van der Waals surface area (Å²) < 4.78 is 4.97. The summed E-state index contributed by atoms with van der Waals surface area (Å²) in [4.78, 5) is 11.1. The molecule has 1 aromatic rings. The molecule has 0 amide bonds. The molecule has 0 aliphatic heterocycles. The average Bonchev–Trinajstić information content (AvgIpc) is 2.19. The molecule has 1 atom stereocenters. The molecule has 1 unspecified atom stereocenters. The van der Waals surface area contributed by atoms with E-state index in [4.69, 9.17) is 27.9 Å². The largest absolute Gasteiger partial charge is 1.00 e. The number of ether oxygens (including phenoxy) is 1. The van der Waals surface area contributed by atoms with Crippen LogP contribution in [-0.2, 0) is 0 Å². The summed E-state index contributed by atoms with van der Waals surface area (Å²) in [5.74, 6) is 0.897. The van der Waals surface area contributed by atoms with Crippen LogP contribution in [0.25, 0.3) is 0 Å². The predicted octanol–water partition coefficient (Wildman–Crippen LogP) is 1.50. The second-order valence-electron chi connectivity index (χ2n) is 3.70. The summed E-state index contributed by atoms with van der Waals surface area (Å²) >= 11 is 11.6. The molecule has 96 valence electrons. The van der Waals surface area contributed by atoms with Crippen molar-refractivity contribution in [3.05, 3.63) is 34.7 Å². The molecule has 0 aliphatic rings. The van der Waals surface area contributed by atoms with Crippen molar-refractivity contribution in [2.24, 2.45) is 5.92 Å². The van der Waals surface area contributed by atoms with Gasteiger partial charge in [-0.3, -0.25) is 4.79 Å². The van der Waals surface area contributed by atoms with Gasteiger partial charge in [-0.15, -0.1) is 0 Å².